The van der Waals surface area contributed by atoms with Crippen LogP contribution in [0.2, 0.25) is 18.1 Å². The maximum Gasteiger partial charge on any atom is 0.192 e. The van der Waals surface area contributed by atoms with Gasteiger partial charge in [-0.25, -0.2) is 0 Å². The number of ether oxygens (including phenoxy) is 3. The predicted molar refractivity (Wildman–Crippen MR) is 99.4 cm³/mol. The lowest BCUT2D eigenvalue weighted by atomic mass is 10.1. The minimum absolute atomic E-state index is 0.0753. The van der Waals surface area contributed by atoms with Crippen LogP contribution in [-0.4, -0.2) is 58.9 Å². The van der Waals surface area contributed by atoms with E-state index in [2.05, 4.69) is 39.8 Å². The van der Waals surface area contributed by atoms with Gasteiger partial charge in [-0.3, -0.25) is 0 Å². The highest BCUT2D eigenvalue weighted by Gasteiger charge is 2.40. The van der Waals surface area contributed by atoms with Gasteiger partial charge in [0.1, 0.15) is 6.79 Å². The zero-order valence-corrected chi connectivity index (χ0v) is 17.4. The van der Waals surface area contributed by atoms with Crippen LogP contribution in [0.4, 0.5) is 0 Å². The number of aliphatic hydroxyl groups excluding tert-OH is 1. The molecule has 1 N–H and O–H groups in total. The van der Waals surface area contributed by atoms with E-state index in [0.29, 0.717) is 26.1 Å². The summed E-state index contributed by atoms with van der Waals surface area (Å²) in [6.45, 7) is 13.8. The molecular formula is C18H36O5Si. The zero-order valence-electron chi connectivity index (χ0n) is 16.4. The fourth-order valence-electron chi connectivity index (χ4n) is 1.85. The van der Waals surface area contributed by atoms with E-state index >= 15 is 0 Å². The molecule has 0 aliphatic rings. The van der Waals surface area contributed by atoms with Crippen LogP contribution in [0.1, 0.15) is 40.5 Å². The van der Waals surface area contributed by atoms with Crippen molar-refractivity contribution in [1.82, 2.24) is 0 Å². The Kier molecular flexibility index (Phi) is 11.0. The molecule has 0 heterocycles. The van der Waals surface area contributed by atoms with E-state index in [1.165, 1.54) is 0 Å². The third-order valence-electron chi connectivity index (χ3n) is 4.45. The second kappa shape index (κ2) is 11.2. The molecule has 142 valence electrons. The Morgan fingerprint density at radius 1 is 1.21 bits per heavy atom. The first kappa shape index (κ1) is 23.6. The molecule has 6 heteroatoms. The number of hydrogen-bond donors (Lipinski definition) is 1. The molecule has 0 amide bonds. The number of terminal acetylenes is 1. The van der Waals surface area contributed by atoms with E-state index in [9.17, 15) is 5.11 Å². The van der Waals surface area contributed by atoms with Gasteiger partial charge in [0.2, 0.25) is 0 Å². The summed E-state index contributed by atoms with van der Waals surface area (Å²) in [5.74, 6) is 2.63. The van der Waals surface area contributed by atoms with E-state index in [1.54, 1.807) is 14.0 Å². The van der Waals surface area contributed by atoms with Gasteiger partial charge in [-0.05, 0) is 25.1 Å². The fourth-order valence-corrected chi connectivity index (χ4v) is 3.25. The number of hydrogen-bond acceptors (Lipinski definition) is 5. The first-order valence-electron chi connectivity index (χ1n) is 8.52. The molecule has 0 aliphatic carbocycles. The van der Waals surface area contributed by atoms with Crippen molar-refractivity contribution in [3.05, 3.63) is 0 Å². The van der Waals surface area contributed by atoms with Crippen LogP contribution in [0.25, 0.3) is 0 Å². The van der Waals surface area contributed by atoms with Crippen LogP contribution in [-0.2, 0) is 18.6 Å². The molecular weight excluding hydrogens is 324 g/mol. The van der Waals surface area contributed by atoms with Gasteiger partial charge in [-0.15, -0.1) is 12.3 Å². The van der Waals surface area contributed by atoms with Crippen LogP contribution in [0, 0.1) is 12.3 Å². The van der Waals surface area contributed by atoms with Gasteiger partial charge in [-0.2, -0.15) is 0 Å². The van der Waals surface area contributed by atoms with Crippen molar-refractivity contribution in [3.8, 4) is 12.3 Å². The maximum atomic E-state index is 10.1. The minimum atomic E-state index is -1.98. The summed E-state index contributed by atoms with van der Waals surface area (Å²) >= 11 is 0. The maximum absolute atomic E-state index is 10.1. The molecule has 0 aromatic rings. The number of methoxy groups -OCH3 is 1. The van der Waals surface area contributed by atoms with Crippen LogP contribution in [0.5, 0.6) is 0 Å². The second-order valence-corrected chi connectivity index (χ2v) is 12.4. The SMILES string of the molecule is C#CC[C@@H](C[C@@H](O[Si](C)(C)C(C)(C)C)[C@@H](C)O)OCOCCOC. The van der Waals surface area contributed by atoms with Crippen molar-refractivity contribution in [2.45, 2.75) is 77.0 Å². The standard InChI is InChI=1S/C18H36O5Si/c1-9-10-16(22-14-21-12-11-20-6)13-17(15(2)19)23-24(7,8)18(3,4)5/h1,15-17,19H,10-14H2,2-8H3/t15-,16+,17-/m1/s1. The first-order valence-corrected chi connectivity index (χ1v) is 11.4. The highest BCUT2D eigenvalue weighted by atomic mass is 28.4. The third kappa shape index (κ3) is 9.16. The van der Waals surface area contributed by atoms with Gasteiger partial charge in [0.05, 0.1) is 31.5 Å². The van der Waals surface area contributed by atoms with E-state index in [0.717, 1.165) is 0 Å². The van der Waals surface area contributed by atoms with E-state index in [-0.39, 0.29) is 24.0 Å². The zero-order chi connectivity index (χ0) is 18.8. The lowest BCUT2D eigenvalue weighted by Gasteiger charge is -2.40. The van der Waals surface area contributed by atoms with Gasteiger partial charge >= 0.3 is 0 Å². The Morgan fingerprint density at radius 3 is 2.29 bits per heavy atom. The van der Waals surface area contributed by atoms with Crippen molar-refractivity contribution in [3.63, 3.8) is 0 Å². The largest absolute Gasteiger partial charge is 0.411 e. The molecule has 0 bridgehead atoms. The Morgan fingerprint density at radius 2 is 1.83 bits per heavy atom. The van der Waals surface area contributed by atoms with E-state index in [1.807, 2.05) is 0 Å². The molecule has 0 saturated heterocycles. The molecule has 0 aromatic carbocycles. The molecule has 0 radical (unpaired) electrons. The smallest absolute Gasteiger partial charge is 0.192 e. The molecule has 0 spiro atoms. The van der Waals surface area contributed by atoms with E-state index in [4.69, 9.17) is 25.1 Å². The highest BCUT2D eigenvalue weighted by Crippen LogP contribution is 2.38. The highest BCUT2D eigenvalue weighted by molar-refractivity contribution is 6.74. The fraction of sp³-hybridized carbons (Fsp3) is 0.889. The second-order valence-electron chi connectivity index (χ2n) is 7.61. The Balaban J connectivity index is 4.70. The van der Waals surface area contributed by atoms with Gasteiger partial charge in [-0.1, -0.05) is 20.8 Å². The summed E-state index contributed by atoms with van der Waals surface area (Å²) in [6, 6.07) is 0. The van der Waals surface area contributed by atoms with Crippen LogP contribution < -0.4 is 0 Å². The third-order valence-corrected chi connectivity index (χ3v) is 8.95. The molecule has 5 nitrogen and oxygen atoms in total. The van der Waals surface area contributed by atoms with Gasteiger partial charge in [0, 0.05) is 20.0 Å². The summed E-state index contributed by atoms with van der Waals surface area (Å²) in [7, 11) is -0.363. The first-order chi connectivity index (χ1) is 11.0. The predicted octanol–water partition coefficient (Wildman–Crippen LogP) is 3.18. The van der Waals surface area contributed by atoms with Crippen LogP contribution in [0.15, 0.2) is 0 Å². The van der Waals surface area contributed by atoms with Crippen LogP contribution in [0.3, 0.4) is 0 Å². The van der Waals surface area contributed by atoms with Gasteiger partial charge in [0.25, 0.3) is 0 Å². The average Bonchev–Trinajstić information content (AvgIpc) is 2.44. The molecule has 0 aliphatic heterocycles. The Bertz CT molecular complexity index is 371. The molecule has 0 rings (SSSR count). The normalized spacial score (nSPS) is 16.5. The monoisotopic (exact) mass is 360 g/mol. The molecule has 3 atom stereocenters. The molecule has 0 aromatic heterocycles. The molecule has 0 saturated carbocycles. The topological polar surface area (TPSA) is 57.2 Å². The molecule has 0 unspecified atom stereocenters. The lowest BCUT2D eigenvalue weighted by molar-refractivity contribution is -0.110. The molecule has 24 heavy (non-hydrogen) atoms. The summed E-state index contributed by atoms with van der Waals surface area (Å²) < 4.78 is 22.3. The quantitative estimate of drug-likeness (QED) is 0.251. The molecule has 0 fully saturated rings. The lowest BCUT2D eigenvalue weighted by Crippen LogP contribution is -2.47. The Hall–Kier alpha value is -0.423. The van der Waals surface area contributed by atoms with Crippen molar-refractivity contribution in [1.29, 1.82) is 0 Å². The van der Waals surface area contributed by atoms with Crippen molar-refractivity contribution < 1.29 is 23.7 Å². The number of rotatable bonds is 12. The Labute approximate surface area is 149 Å². The van der Waals surface area contributed by atoms with Gasteiger partial charge < -0.3 is 23.7 Å². The van der Waals surface area contributed by atoms with Gasteiger partial charge in [0.15, 0.2) is 8.32 Å². The summed E-state index contributed by atoms with van der Waals surface area (Å²) in [5, 5.41) is 10.2. The minimum Gasteiger partial charge on any atom is -0.411 e. The van der Waals surface area contributed by atoms with Crippen molar-refractivity contribution >= 4 is 8.32 Å². The van der Waals surface area contributed by atoms with E-state index < -0.39 is 14.4 Å². The summed E-state index contributed by atoms with van der Waals surface area (Å²) in [4.78, 5) is 0. The summed E-state index contributed by atoms with van der Waals surface area (Å²) in [5.41, 5.74) is 0. The van der Waals surface area contributed by atoms with Crippen molar-refractivity contribution in [2.75, 3.05) is 27.1 Å². The van der Waals surface area contributed by atoms with Crippen LogP contribution >= 0.6 is 0 Å². The average molecular weight is 361 g/mol. The number of aliphatic hydroxyl groups is 1. The summed E-state index contributed by atoms with van der Waals surface area (Å²) in [6.07, 6.45) is 5.35. The van der Waals surface area contributed by atoms with Crippen molar-refractivity contribution in [2.24, 2.45) is 0 Å².